The monoisotopic (exact) mass is 326 g/mol. The van der Waals surface area contributed by atoms with E-state index in [-0.39, 0.29) is 5.97 Å². The summed E-state index contributed by atoms with van der Waals surface area (Å²) in [6, 6.07) is 12.2. The SMILES string of the molecule is COC(=O)Cc1cccc2ccc(I)cc12. The van der Waals surface area contributed by atoms with Crippen molar-refractivity contribution in [2.75, 3.05) is 7.11 Å². The number of esters is 1. The highest BCUT2D eigenvalue weighted by molar-refractivity contribution is 14.1. The number of methoxy groups -OCH3 is 1. The number of benzene rings is 2. The van der Waals surface area contributed by atoms with E-state index in [4.69, 9.17) is 4.74 Å². The van der Waals surface area contributed by atoms with Gasteiger partial charge in [-0.05, 0) is 51.1 Å². The Morgan fingerprint density at radius 1 is 1.31 bits per heavy atom. The van der Waals surface area contributed by atoms with Gasteiger partial charge in [-0.25, -0.2) is 0 Å². The van der Waals surface area contributed by atoms with Gasteiger partial charge in [-0.15, -0.1) is 0 Å². The number of ether oxygens (including phenoxy) is 1. The van der Waals surface area contributed by atoms with Crippen molar-refractivity contribution in [2.24, 2.45) is 0 Å². The molecular weight excluding hydrogens is 315 g/mol. The summed E-state index contributed by atoms with van der Waals surface area (Å²) in [5.74, 6) is -0.202. The summed E-state index contributed by atoms with van der Waals surface area (Å²) in [6.07, 6.45) is 0.327. The summed E-state index contributed by atoms with van der Waals surface area (Å²) in [5.41, 5.74) is 1.02. The molecule has 0 saturated heterocycles. The Balaban J connectivity index is 2.52. The molecule has 0 aromatic heterocycles. The van der Waals surface area contributed by atoms with Crippen LogP contribution >= 0.6 is 22.6 Å². The Kier molecular flexibility index (Phi) is 3.43. The van der Waals surface area contributed by atoms with Crippen LogP contribution in [0.25, 0.3) is 10.8 Å². The lowest BCUT2D eigenvalue weighted by Gasteiger charge is -2.05. The molecule has 3 heteroatoms. The van der Waals surface area contributed by atoms with Crippen LogP contribution < -0.4 is 0 Å². The van der Waals surface area contributed by atoms with Gasteiger partial charge in [0.2, 0.25) is 0 Å². The largest absolute Gasteiger partial charge is 0.469 e. The highest BCUT2D eigenvalue weighted by Gasteiger charge is 2.06. The van der Waals surface area contributed by atoms with E-state index in [2.05, 4.69) is 40.8 Å². The molecule has 2 aromatic rings. The summed E-state index contributed by atoms with van der Waals surface area (Å²) < 4.78 is 5.86. The zero-order valence-electron chi connectivity index (χ0n) is 8.87. The van der Waals surface area contributed by atoms with Crippen molar-refractivity contribution >= 4 is 39.3 Å². The lowest BCUT2D eigenvalue weighted by atomic mass is 10.0. The topological polar surface area (TPSA) is 26.3 Å². The normalized spacial score (nSPS) is 10.4. The number of hydrogen-bond donors (Lipinski definition) is 0. The third-order valence-corrected chi connectivity index (χ3v) is 3.17. The molecule has 0 radical (unpaired) electrons. The van der Waals surface area contributed by atoms with Gasteiger partial charge in [0.1, 0.15) is 0 Å². The van der Waals surface area contributed by atoms with Gasteiger partial charge < -0.3 is 4.74 Å². The zero-order chi connectivity index (χ0) is 11.5. The number of hydrogen-bond acceptors (Lipinski definition) is 2. The van der Waals surface area contributed by atoms with Crippen LogP contribution in [0.2, 0.25) is 0 Å². The zero-order valence-corrected chi connectivity index (χ0v) is 11.0. The van der Waals surface area contributed by atoms with Crippen LogP contribution in [0.5, 0.6) is 0 Å². The van der Waals surface area contributed by atoms with E-state index in [1.807, 2.05) is 18.2 Å². The first kappa shape index (κ1) is 11.4. The fraction of sp³-hybridized carbons (Fsp3) is 0.154. The molecule has 0 atom stereocenters. The first-order valence-electron chi connectivity index (χ1n) is 4.94. The van der Waals surface area contributed by atoms with Crippen LogP contribution in [0.3, 0.4) is 0 Å². The molecule has 16 heavy (non-hydrogen) atoms. The molecule has 0 fully saturated rings. The number of halogens is 1. The van der Waals surface area contributed by atoms with Crippen LogP contribution in [0.4, 0.5) is 0 Å². The van der Waals surface area contributed by atoms with E-state index in [9.17, 15) is 4.79 Å². The third kappa shape index (κ3) is 2.35. The molecule has 0 spiro atoms. The number of rotatable bonds is 2. The van der Waals surface area contributed by atoms with Crippen molar-refractivity contribution in [3.8, 4) is 0 Å². The molecule has 0 saturated carbocycles. The highest BCUT2D eigenvalue weighted by Crippen LogP contribution is 2.22. The second-order valence-corrected chi connectivity index (χ2v) is 4.78. The van der Waals surface area contributed by atoms with Gasteiger partial charge in [-0.3, -0.25) is 4.79 Å². The van der Waals surface area contributed by atoms with E-state index in [1.165, 1.54) is 10.7 Å². The molecular formula is C13H11IO2. The second kappa shape index (κ2) is 4.82. The minimum absolute atomic E-state index is 0.202. The van der Waals surface area contributed by atoms with Crippen molar-refractivity contribution in [1.82, 2.24) is 0 Å². The predicted molar refractivity (Wildman–Crippen MR) is 72.4 cm³/mol. The molecule has 0 heterocycles. The van der Waals surface area contributed by atoms with E-state index in [1.54, 1.807) is 0 Å². The molecule has 82 valence electrons. The molecule has 0 aliphatic heterocycles. The molecule has 2 nitrogen and oxygen atoms in total. The summed E-state index contributed by atoms with van der Waals surface area (Å²) in [7, 11) is 1.41. The van der Waals surface area contributed by atoms with E-state index >= 15 is 0 Å². The maximum atomic E-state index is 11.3. The van der Waals surface area contributed by atoms with Crippen molar-refractivity contribution < 1.29 is 9.53 Å². The average molecular weight is 326 g/mol. The number of fused-ring (bicyclic) bond motifs is 1. The van der Waals surface area contributed by atoms with E-state index in [0.29, 0.717) is 6.42 Å². The Bertz CT molecular complexity index is 534. The Morgan fingerprint density at radius 2 is 2.12 bits per heavy atom. The van der Waals surface area contributed by atoms with Crippen LogP contribution in [0.15, 0.2) is 36.4 Å². The first-order chi connectivity index (χ1) is 7.70. The number of carbonyl (C=O) groups excluding carboxylic acids is 1. The average Bonchev–Trinajstić information content (AvgIpc) is 2.29. The molecule has 0 aliphatic rings. The van der Waals surface area contributed by atoms with Crippen molar-refractivity contribution in [3.63, 3.8) is 0 Å². The Morgan fingerprint density at radius 3 is 2.88 bits per heavy atom. The lowest BCUT2D eigenvalue weighted by Crippen LogP contribution is -2.04. The molecule has 2 aromatic carbocycles. The molecule has 0 amide bonds. The van der Waals surface area contributed by atoms with Crippen molar-refractivity contribution in [2.45, 2.75) is 6.42 Å². The minimum atomic E-state index is -0.202. The molecule has 0 N–H and O–H groups in total. The fourth-order valence-electron chi connectivity index (χ4n) is 1.69. The van der Waals surface area contributed by atoms with Gasteiger partial charge in [0.25, 0.3) is 0 Å². The van der Waals surface area contributed by atoms with Crippen molar-refractivity contribution in [1.29, 1.82) is 0 Å². The predicted octanol–water partition coefficient (Wildman–Crippen LogP) is 3.16. The Labute approximate surface area is 108 Å². The summed E-state index contributed by atoms with van der Waals surface area (Å²) in [5, 5.41) is 2.28. The maximum absolute atomic E-state index is 11.3. The minimum Gasteiger partial charge on any atom is -0.469 e. The lowest BCUT2D eigenvalue weighted by molar-refractivity contribution is -0.139. The van der Waals surface area contributed by atoms with Crippen molar-refractivity contribution in [3.05, 3.63) is 45.5 Å². The molecule has 2 rings (SSSR count). The van der Waals surface area contributed by atoms with Gasteiger partial charge >= 0.3 is 5.97 Å². The summed E-state index contributed by atoms with van der Waals surface area (Å²) in [6.45, 7) is 0. The smallest absolute Gasteiger partial charge is 0.309 e. The number of carbonyl (C=O) groups is 1. The molecule has 0 aliphatic carbocycles. The highest BCUT2D eigenvalue weighted by atomic mass is 127. The van der Waals surface area contributed by atoms with Crippen LogP contribution in [-0.4, -0.2) is 13.1 Å². The first-order valence-corrected chi connectivity index (χ1v) is 6.02. The van der Waals surface area contributed by atoms with Gasteiger partial charge in [0.15, 0.2) is 0 Å². The van der Waals surface area contributed by atoms with Gasteiger partial charge in [0, 0.05) is 3.57 Å². The molecule has 0 unspecified atom stereocenters. The van der Waals surface area contributed by atoms with Crippen LogP contribution in [0.1, 0.15) is 5.56 Å². The van der Waals surface area contributed by atoms with Crippen LogP contribution in [0, 0.1) is 3.57 Å². The second-order valence-electron chi connectivity index (χ2n) is 3.54. The third-order valence-electron chi connectivity index (χ3n) is 2.50. The van der Waals surface area contributed by atoms with Gasteiger partial charge in [-0.2, -0.15) is 0 Å². The fourth-order valence-corrected chi connectivity index (χ4v) is 2.18. The maximum Gasteiger partial charge on any atom is 0.309 e. The Hall–Kier alpha value is -1.10. The van der Waals surface area contributed by atoms with Gasteiger partial charge in [0.05, 0.1) is 13.5 Å². The van der Waals surface area contributed by atoms with Crippen LogP contribution in [-0.2, 0) is 16.0 Å². The van der Waals surface area contributed by atoms with Gasteiger partial charge in [-0.1, -0.05) is 24.3 Å². The van der Waals surface area contributed by atoms with E-state index < -0.39 is 0 Å². The standard InChI is InChI=1S/C13H11IO2/c1-16-13(15)7-10-4-2-3-9-5-6-11(14)8-12(9)10/h2-6,8H,7H2,1H3. The quantitative estimate of drug-likeness (QED) is 0.626. The summed E-state index contributed by atoms with van der Waals surface area (Å²) in [4.78, 5) is 11.3. The van der Waals surface area contributed by atoms with E-state index in [0.717, 1.165) is 16.3 Å². The molecule has 0 bridgehead atoms. The summed E-state index contributed by atoms with van der Waals surface area (Å²) >= 11 is 2.27.